The van der Waals surface area contributed by atoms with E-state index in [0.29, 0.717) is 17.8 Å². The minimum Gasteiger partial charge on any atom is -0.299 e. The molecule has 0 amide bonds. The highest BCUT2D eigenvalue weighted by Crippen LogP contribution is 2.38. The minimum atomic E-state index is -0.116. The molecule has 26 heavy (non-hydrogen) atoms. The van der Waals surface area contributed by atoms with Crippen molar-refractivity contribution in [1.29, 1.82) is 0 Å². The van der Waals surface area contributed by atoms with E-state index >= 15 is 0 Å². The summed E-state index contributed by atoms with van der Waals surface area (Å²) in [6, 6.07) is 15.8. The molecule has 5 rings (SSSR count). The second-order valence-corrected chi connectivity index (χ2v) is 6.56. The molecule has 124 valence electrons. The quantitative estimate of drug-likeness (QED) is 0.386. The fourth-order valence-electron chi connectivity index (χ4n) is 3.87. The Hall–Kier alpha value is -3.40. The van der Waals surface area contributed by atoms with Gasteiger partial charge >= 0.3 is 0 Å². The van der Waals surface area contributed by atoms with Gasteiger partial charge in [0, 0.05) is 35.3 Å². The molecule has 0 spiro atoms. The van der Waals surface area contributed by atoms with Gasteiger partial charge in [-0.15, -0.1) is 0 Å². The molecule has 1 aliphatic rings. The third kappa shape index (κ3) is 2.15. The monoisotopic (exact) mass is 338 g/mol. The second kappa shape index (κ2) is 5.56. The Morgan fingerprint density at radius 2 is 1.62 bits per heavy atom. The highest BCUT2D eigenvalue weighted by molar-refractivity contribution is 6.25. The Morgan fingerprint density at radius 1 is 0.808 bits per heavy atom. The molecule has 0 saturated carbocycles. The lowest BCUT2D eigenvalue weighted by Crippen LogP contribution is -2.20. The van der Waals surface area contributed by atoms with Gasteiger partial charge < -0.3 is 0 Å². The normalized spacial score (nSPS) is 14.0. The average Bonchev–Trinajstić information content (AvgIpc) is 2.67. The van der Waals surface area contributed by atoms with Gasteiger partial charge in [-0.1, -0.05) is 36.4 Å². The maximum absolute atomic E-state index is 12.8. The molecular weight excluding hydrogens is 324 g/mol. The molecule has 3 aromatic carbocycles. The summed E-state index contributed by atoms with van der Waals surface area (Å²) in [5, 5.41) is 3.99. The van der Waals surface area contributed by atoms with Crippen LogP contribution in [0.3, 0.4) is 0 Å². The minimum absolute atomic E-state index is 0.0276. The van der Waals surface area contributed by atoms with E-state index in [9.17, 15) is 9.59 Å². The number of Topliss-reactive ketones (excluding diaryl/α,β-unsaturated/α-hetero) is 2. The third-order valence-electron chi connectivity index (χ3n) is 4.94. The zero-order chi connectivity index (χ0) is 17.7. The summed E-state index contributed by atoms with van der Waals surface area (Å²) in [6.07, 6.45) is 3.67. The van der Waals surface area contributed by atoms with E-state index in [1.165, 1.54) is 0 Å². The van der Waals surface area contributed by atoms with E-state index in [2.05, 4.69) is 16.0 Å². The first-order valence-corrected chi connectivity index (χ1v) is 8.52. The van der Waals surface area contributed by atoms with Crippen LogP contribution < -0.4 is 0 Å². The van der Waals surface area contributed by atoms with E-state index in [4.69, 9.17) is 0 Å². The van der Waals surface area contributed by atoms with Gasteiger partial charge in [0.05, 0.1) is 6.42 Å². The maximum Gasteiger partial charge on any atom is 0.171 e. The van der Waals surface area contributed by atoms with Crippen LogP contribution in [-0.2, 0) is 11.2 Å². The Labute approximate surface area is 149 Å². The predicted molar refractivity (Wildman–Crippen MR) is 100 cm³/mol. The van der Waals surface area contributed by atoms with Crippen molar-refractivity contribution in [2.75, 3.05) is 0 Å². The van der Waals surface area contributed by atoms with Crippen LogP contribution in [0.5, 0.6) is 0 Å². The Balaban J connectivity index is 2.00. The summed E-state index contributed by atoms with van der Waals surface area (Å²) in [7, 11) is 0. The Kier molecular flexibility index (Phi) is 3.19. The average molecular weight is 338 g/mol. The molecule has 0 fully saturated rings. The van der Waals surface area contributed by atoms with E-state index < -0.39 is 0 Å². The van der Waals surface area contributed by atoms with Gasteiger partial charge in [0.25, 0.3) is 0 Å². The molecule has 0 aliphatic heterocycles. The summed E-state index contributed by atoms with van der Waals surface area (Å²) < 4.78 is 0. The van der Waals surface area contributed by atoms with E-state index in [1.807, 2.05) is 36.4 Å². The molecule has 0 radical (unpaired) electrons. The van der Waals surface area contributed by atoms with Gasteiger partial charge in [0.1, 0.15) is 5.78 Å². The largest absolute Gasteiger partial charge is 0.299 e. The highest BCUT2D eigenvalue weighted by atomic mass is 16.1. The van der Waals surface area contributed by atoms with Crippen molar-refractivity contribution in [3.05, 3.63) is 72.1 Å². The van der Waals surface area contributed by atoms with E-state index in [1.54, 1.807) is 18.5 Å². The van der Waals surface area contributed by atoms with Crippen LogP contribution >= 0.6 is 0 Å². The van der Waals surface area contributed by atoms with Crippen molar-refractivity contribution in [3.8, 4) is 11.4 Å². The molecule has 4 nitrogen and oxygen atoms in total. The summed E-state index contributed by atoms with van der Waals surface area (Å²) in [5.74, 6) is 0.441. The first-order valence-electron chi connectivity index (χ1n) is 8.52. The number of fused-ring (bicyclic) bond motifs is 5. The molecule has 0 bridgehead atoms. The number of benzene rings is 3. The lowest BCUT2D eigenvalue weighted by molar-refractivity contribution is -0.117. The maximum atomic E-state index is 12.8. The number of carbonyl (C=O) groups is 2. The lowest BCUT2D eigenvalue weighted by atomic mass is 9.83. The number of rotatable bonds is 1. The number of ketones is 2. The van der Waals surface area contributed by atoms with Crippen LogP contribution in [0.2, 0.25) is 0 Å². The summed E-state index contributed by atoms with van der Waals surface area (Å²) in [5.41, 5.74) is 2.28. The van der Waals surface area contributed by atoms with Gasteiger partial charge in [-0.3, -0.25) is 9.59 Å². The van der Waals surface area contributed by atoms with Crippen molar-refractivity contribution in [1.82, 2.24) is 9.97 Å². The third-order valence-corrected chi connectivity index (χ3v) is 4.94. The van der Waals surface area contributed by atoms with Gasteiger partial charge in [0.15, 0.2) is 11.6 Å². The molecule has 0 atom stereocenters. The van der Waals surface area contributed by atoms with Crippen LogP contribution in [-0.4, -0.2) is 21.5 Å². The van der Waals surface area contributed by atoms with Crippen molar-refractivity contribution in [3.63, 3.8) is 0 Å². The fourth-order valence-corrected chi connectivity index (χ4v) is 3.87. The fraction of sp³-hybridized carbons (Fsp3) is 0.0909. The van der Waals surface area contributed by atoms with Crippen LogP contribution in [0.1, 0.15) is 22.3 Å². The smallest absolute Gasteiger partial charge is 0.171 e. The molecule has 4 heteroatoms. The molecule has 0 N–H and O–H groups in total. The van der Waals surface area contributed by atoms with Gasteiger partial charge in [-0.25, -0.2) is 9.97 Å². The van der Waals surface area contributed by atoms with Crippen molar-refractivity contribution < 1.29 is 9.59 Å². The lowest BCUT2D eigenvalue weighted by Gasteiger charge is -2.19. The molecule has 0 saturated heterocycles. The van der Waals surface area contributed by atoms with Crippen LogP contribution in [0.25, 0.3) is 32.9 Å². The zero-order valence-electron chi connectivity index (χ0n) is 13.9. The van der Waals surface area contributed by atoms with Gasteiger partial charge in [0.2, 0.25) is 0 Å². The van der Waals surface area contributed by atoms with Crippen LogP contribution in [0.15, 0.2) is 60.9 Å². The number of hydrogen-bond donors (Lipinski definition) is 0. The number of hydrogen-bond acceptors (Lipinski definition) is 4. The summed E-state index contributed by atoms with van der Waals surface area (Å²) in [4.78, 5) is 33.5. The topological polar surface area (TPSA) is 59.9 Å². The molecule has 1 heterocycles. The molecular formula is C22H14N2O2. The SMILES string of the molecule is O=C1CC(=O)c2c(ccc3c2c(-c2ncccn2)cc2ccccc23)C1. The van der Waals surface area contributed by atoms with Crippen LogP contribution in [0, 0.1) is 0 Å². The Bertz CT molecular complexity index is 1210. The highest BCUT2D eigenvalue weighted by Gasteiger charge is 2.27. The van der Waals surface area contributed by atoms with Crippen molar-refractivity contribution in [2.45, 2.75) is 12.8 Å². The predicted octanol–water partition coefficient (Wildman–Crippen LogP) is 4.15. The first kappa shape index (κ1) is 14.9. The summed E-state index contributed by atoms with van der Waals surface area (Å²) in [6.45, 7) is 0. The Morgan fingerprint density at radius 3 is 2.46 bits per heavy atom. The molecule has 1 aliphatic carbocycles. The van der Waals surface area contributed by atoms with E-state index in [-0.39, 0.29) is 18.0 Å². The van der Waals surface area contributed by atoms with Crippen molar-refractivity contribution >= 4 is 33.1 Å². The van der Waals surface area contributed by atoms with Gasteiger partial charge in [-0.2, -0.15) is 0 Å². The molecule has 4 aromatic rings. The zero-order valence-corrected chi connectivity index (χ0v) is 13.9. The second-order valence-electron chi connectivity index (χ2n) is 6.56. The summed E-state index contributed by atoms with van der Waals surface area (Å²) >= 11 is 0. The number of nitrogens with zero attached hydrogens (tertiary/aromatic N) is 2. The van der Waals surface area contributed by atoms with Crippen molar-refractivity contribution in [2.24, 2.45) is 0 Å². The molecule has 1 aromatic heterocycles. The number of carbonyl (C=O) groups excluding carboxylic acids is 2. The first-order chi connectivity index (χ1) is 12.7. The molecule has 0 unspecified atom stereocenters. The standard InChI is InChI=1S/C22H14N2O2/c25-15-10-14-6-7-17-16-5-2-1-4-13(16)11-18(22-23-8-3-9-24-22)21(17)20(14)19(26)12-15/h1-9,11H,10,12H2. The van der Waals surface area contributed by atoms with Gasteiger partial charge in [-0.05, 0) is 33.9 Å². The number of aromatic nitrogens is 2. The van der Waals surface area contributed by atoms with E-state index in [0.717, 1.165) is 32.7 Å². The van der Waals surface area contributed by atoms with Crippen LogP contribution in [0.4, 0.5) is 0 Å².